The van der Waals surface area contributed by atoms with Crippen molar-refractivity contribution >= 4 is 17.7 Å². The third-order valence-corrected chi connectivity index (χ3v) is 6.54. The van der Waals surface area contributed by atoms with Gasteiger partial charge >= 0.3 is 0 Å². The molecule has 3 N–H and O–H groups in total. The van der Waals surface area contributed by atoms with Crippen molar-refractivity contribution < 1.29 is 14.6 Å². The smallest absolute Gasteiger partial charge is 0.243 e. The molecule has 1 fully saturated rings. The van der Waals surface area contributed by atoms with E-state index in [0.717, 1.165) is 30.6 Å². The molecule has 1 saturated heterocycles. The summed E-state index contributed by atoms with van der Waals surface area (Å²) in [5, 5.41) is 16.4. The molecule has 1 aromatic carbocycles. The second-order valence-corrected chi connectivity index (χ2v) is 8.79. The lowest BCUT2D eigenvalue weighted by atomic mass is 9.95. The molecule has 2 unspecified atom stereocenters. The SMILES string of the molecule is C=CC(=O)NC1CN(C(CC)c2ccc([C@H](C)Nc3ncc4c(n3)N(CC)C(O)OC4)cc2)C1. The topological polar surface area (TPSA) is 103 Å². The average Bonchev–Trinajstić information content (AvgIpc) is 2.82. The molecule has 9 heteroatoms. The Bertz CT molecular complexity index is 1010. The molecular weight excluding hydrogens is 432 g/mol. The molecule has 4 rings (SSSR count). The van der Waals surface area contributed by atoms with Crippen molar-refractivity contribution in [2.45, 2.75) is 58.3 Å². The number of nitrogens with one attached hydrogen (secondary N) is 2. The van der Waals surface area contributed by atoms with Gasteiger partial charge in [0, 0.05) is 37.4 Å². The van der Waals surface area contributed by atoms with Crippen LogP contribution in [-0.2, 0) is 16.1 Å². The van der Waals surface area contributed by atoms with Crippen LogP contribution in [0.5, 0.6) is 0 Å². The van der Waals surface area contributed by atoms with Crippen LogP contribution in [0.3, 0.4) is 0 Å². The lowest BCUT2D eigenvalue weighted by Gasteiger charge is -2.44. The van der Waals surface area contributed by atoms with Gasteiger partial charge in [-0.25, -0.2) is 4.98 Å². The van der Waals surface area contributed by atoms with Crippen molar-refractivity contribution in [1.29, 1.82) is 0 Å². The fourth-order valence-electron chi connectivity index (χ4n) is 4.59. The van der Waals surface area contributed by atoms with Gasteiger partial charge in [-0.05, 0) is 37.5 Å². The monoisotopic (exact) mass is 466 g/mol. The number of ether oxygens (including phenoxy) is 1. The number of carbonyl (C=O) groups excluding carboxylic acids is 1. The Morgan fingerprint density at radius 2 is 2.00 bits per heavy atom. The van der Waals surface area contributed by atoms with E-state index >= 15 is 0 Å². The number of fused-ring (bicyclic) bond motifs is 1. The van der Waals surface area contributed by atoms with Crippen molar-refractivity contribution in [2.24, 2.45) is 0 Å². The minimum atomic E-state index is -0.989. The van der Waals surface area contributed by atoms with Crippen LogP contribution in [0.2, 0.25) is 0 Å². The number of carbonyl (C=O) groups is 1. The maximum atomic E-state index is 11.5. The molecule has 3 atom stereocenters. The largest absolute Gasteiger partial charge is 0.351 e. The number of nitrogens with zero attached hydrogens (tertiary/aromatic N) is 4. The van der Waals surface area contributed by atoms with Crippen LogP contribution < -0.4 is 15.5 Å². The summed E-state index contributed by atoms with van der Waals surface area (Å²) in [5.41, 5.74) is 3.26. The highest BCUT2D eigenvalue weighted by Gasteiger charge is 2.33. The maximum Gasteiger partial charge on any atom is 0.243 e. The first-order valence-electron chi connectivity index (χ1n) is 11.9. The summed E-state index contributed by atoms with van der Waals surface area (Å²) >= 11 is 0. The molecule has 34 heavy (non-hydrogen) atoms. The summed E-state index contributed by atoms with van der Waals surface area (Å²) in [4.78, 5) is 24.7. The van der Waals surface area contributed by atoms with E-state index in [4.69, 9.17) is 4.74 Å². The van der Waals surface area contributed by atoms with E-state index in [2.05, 4.69) is 70.2 Å². The van der Waals surface area contributed by atoms with Gasteiger partial charge in [0.15, 0.2) is 0 Å². The van der Waals surface area contributed by atoms with Gasteiger partial charge in [-0.3, -0.25) is 9.69 Å². The van der Waals surface area contributed by atoms with Gasteiger partial charge in [0.05, 0.1) is 18.7 Å². The molecular formula is C25H34N6O3. The number of likely N-dealkylation sites (tertiary alicyclic amines) is 1. The summed E-state index contributed by atoms with van der Waals surface area (Å²) < 4.78 is 5.35. The first kappa shape index (κ1) is 24.1. The van der Waals surface area contributed by atoms with Gasteiger partial charge in [-0.2, -0.15) is 4.98 Å². The summed E-state index contributed by atoms with van der Waals surface area (Å²) in [6.45, 7) is 12.3. The molecule has 0 bridgehead atoms. The van der Waals surface area contributed by atoms with Gasteiger partial charge in [0.1, 0.15) is 5.82 Å². The third-order valence-electron chi connectivity index (χ3n) is 6.54. The van der Waals surface area contributed by atoms with Crippen molar-refractivity contribution in [3.8, 4) is 0 Å². The zero-order valence-corrected chi connectivity index (χ0v) is 20.1. The van der Waals surface area contributed by atoms with E-state index in [1.54, 1.807) is 11.1 Å². The number of aliphatic hydroxyl groups is 1. The van der Waals surface area contributed by atoms with E-state index < -0.39 is 6.41 Å². The van der Waals surface area contributed by atoms with Gasteiger partial charge in [-0.1, -0.05) is 37.8 Å². The van der Waals surface area contributed by atoms with Crippen LogP contribution >= 0.6 is 0 Å². The normalized spacial score (nSPS) is 20.1. The van der Waals surface area contributed by atoms with Gasteiger partial charge in [0.25, 0.3) is 0 Å². The Labute approximate surface area is 200 Å². The van der Waals surface area contributed by atoms with Gasteiger partial charge < -0.3 is 25.4 Å². The number of hydrogen-bond acceptors (Lipinski definition) is 8. The fraction of sp³-hybridized carbons (Fsp3) is 0.480. The Morgan fingerprint density at radius 1 is 1.29 bits per heavy atom. The fourth-order valence-corrected chi connectivity index (χ4v) is 4.59. The Morgan fingerprint density at radius 3 is 2.65 bits per heavy atom. The van der Waals surface area contributed by atoms with E-state index in [9.17, 15) is 9.90 Å². The Balaban J connectivity index is 1.39. The molecule has 3 heterocycles. The molecule has 0 aliphatic carbocycles. The number of rotatable bonds is 9. The molecule has 0 radical (unpaired) electrons. The predicted molar refractivity (Wildman–Crippen MR) is 131 cm³/mol. The molecule has 9 nitrogen and oxygen atoms in total. The summed E-state index contributed by atoms with van der Waals surface area (Å²) in [6.07, 6.45) is 3.08. The highest BCUT2D eigenvalue weighted by atomic mass is 16.6. The molecule has 182 valence electrons. The second-order valence-electron chi connectivity index (χ2n) is 8.79. The quantitative estimate of drug-likeness (QED) is 0.485. The number of aliphatic hydroxyl groups excluding tert-OH is 1. The first-order valence-corrected chi connectivity index (χ1v) is 11.9. The Kier molecular flexibility index (Phi) is 7.45. The molecule has 2 aliphatic heterocycles. The summed E-state index contributed by atoms with van der Waals surface area (Å²) in [7, 11) is 0. The van der Waals surface area contributed by atoms with E-state index in [1.807, 2.05) is 6.92 Å². The van der Waals surface area contributed by atoms with Crippen LogP contribution in [0.1, 0.15) is 56.0 Å². The molecule has 2 aromatic rings. The van der Waals surface area contributed by atoms with Crippen molar-refractivity contribution in [1.82, 2.24) is 20.2 Å². The van der Waals surface area contributed by atoms with Crippen molar-refractivity contribution in [2.75, 3.05) is 29.9 Å². The number of amides is 1. The Hall–Kier alpha value is -3.01. The molecule has 2 aliphatic rings. The van der Waals surface area contributed by atoms with Crippen LogP contribution in [0.15, 0.2) is 43.1 Å². The average molecular weight is 467 g/mol. The highest BCUT2D eigenvalue weighted by Crippen LogP contribution is 2.31. The number of benzene rings is 1. The maximum absolute atomic E-state index is 11.5. The second kappa shape index (κ2) is 10.5. The minimum absolute atomic E-state index is 0.00882. The summed E-state index contributed by atoms with van der Waals surface area (Å²) in [6, 6.07) is 9.16. The zero-order valence-electron chi connectivity index (χ0n) is 20.1. The molecule has 1 aromatic heterocycles. The number of aromatic nitrogens is 2. The number of anilines is 2. The van der Waals surface area contributed by atoms with Crippen LogP contribution in [-0.4, -0.2) is 58.0 Å². The zero-order chi connectivity index (χ0) is 24.2. The van der Waals surface area contributed by atoms with Crippen molar-refractivity contribution in [3.63, 3.8) is 0 Å². The predicted octanol–water partition coefficient (Wildman–Crippen LogP) is 2.72. The molecule has 0 saturated carbocycles. The number of hydrogen-bond donors (Lipinski definition) is 3. The van der Waals surface area contributed by atoms with Gasteiger partial charge in [-0.15, -0.1) is 0 Å². The third kappa shape index (κ3) is 5.06. The van der Waals surface area contributed by atoms with Crippen molar-refractivity contribution in [3.05, 3.63) is 59.8 Å². The standard InChI is InChI=1S/C25H34N6O3/c1-5-21(30-13-20(14-30)28-22(32)6-2)18-10-8-17(9-11-18)16(4)27-24-26-12-19-15-34-25(33)31(7-3)23(19)29-24/h6,8-12,16,20-21,25,33H,2,5,7,13-15H2,1,3-4H3,(H,28,32)(H,26,27,29)/t16-,21?,25?/m0/s1. The highest BCUT2D eigenvalue weighted by molar-refractivity contribution is 5.87. The van der Waals surface area contributed by atoms with Crippen LogP contribution in [0.25, 0.3) is 0 Å². The minimum Gasteiger partial charge on any atom is -0.351 e. The van der Waals surface area contributed by atoms with Gasteiger partial charge in [0.2, 0.25) is 18.3 Å². The van der Waals surface area contributed by atoms with E-state index in [0.29, 0.717) is 31.0 Å². The summed E-state index contributed by atoms with van der Waals surface area (Å²) in [5.74, 6) is 1.10. The van der Waals surface area contributed by atoms with Crippen LogP contribution in [0.4, 0.5) is 11.8 Å². The first-order chi connectivity index (χ1) is 16.4. The lowest BCUT2D eigenvalue weighted by Crippen LogP contribution is -2.59. The lowest BCUT2D eigenvalue weighted by molar-refractivity contribution is -0.118. The molecule has 1 amide bonds. The van der Waals surface area contributed by atoms with E-state index in [-0.39, 0.29) is 18.0 Å². The van der Waals surface area contributed by atoms with E-state index in [1.165, 1.54) is 11.6 Å². The van der Waals surface area contributed by atoms with Crippen LogP contribution in [0, 0.1) is 0 Å². The molecule has 0 spiro atoms.